The van der Waals surface area contributed by atoms with Gasteiger partial charge >= 0.3 is 5.97 Å². The summed E-state index contributed by atoms with van der Waals surface area (Å²) in [5, 5.41) is 13.6. The van der Waals surface area contributed by atoms with Crippen LogP contribution in [0.15, 0.2) is 57.2 Å². The molecule has 0 spiro atoms. The van der Waals surface area contributed by atoms with Crippen LogP contribution in [0.2, 0.25) is 0 Å². The van der Waals surface area contributed by atoms with E-state index in [1.54, 1.807) is 30.3 Å². The van der Waals surface area contributed by atoms with Crippen molar-refractivity contribution < 1.29 is 23.9 Å². The zero-order chi connectivity index (χ0) is 18.2. The second-order valence-electron chi connectivity index (χ2n) is 4.94. The van der Waals surface area contributed by atoms with E-state index < -0.39 is 17.8 Å². The van der Waals surface area contributed by atoms with Crippen LogP contribution in [0.25, 0.3) is 6.08 Å². The zero-order valence-corrected chi connectivity index (χ0v) is 14.6. The summed E-state index contributed by atoms with van der Waals surface area (Å²) >= 11 is 3.32. The maximum atomic E-state index is 12.3. The average molecular weight is 407 g/mol. The lowest BCUT2D eigenvalue weighted by atomic mass is 10.2. The number of carbonyl (C=O) groups excluding carboxylic acids is 2. The number of carboxylic acids is 1. The van der Waals surface area contributed by atoms with Gasteiger partial charge in [-0.05, 0) is 35.9 Å². The van der Waals surface area contributed by atoms with Crippen LogP contribution in [0.4, 0.5) is 0 Å². The van der Waals surface area contributed by atoms with Crippen molar-refractivity contribution in [2.24, 2.45) is 0 Å². The van der Waals surface area contributed by atoms with Crippen molar-refractivity contribution in [3.8, 4) is 0 Å². The Balaban J connectivity index is 2.17. The number of carbonyl (C=O) groups is 3. The van der Waals surface area contributed by atoms with Crippen molar-refractivity contribution in [2.75, 3.05) is 6.54 Å². The molecule has 8 heteroatoms. The van der Waals surface area contributed by atoms with E-state index in [0.29, 0.717) is 5.56 Å². The van der Waals surface area contributed by atoms with E-state index in [1.807, 2.05) is 0 Å². The third kappa shape index (κ3) is 5.92. The molecule has 0 atom stereocenters. The van der Waals surface area contributed by atoms with E-state index in [2.05, 4.69) is 26.6 Å². The smallest absolute Gasteiger partial charge is 0.305 e. The van der Waals surface area contributed by atoms with Gasteiger partial charge in [0.25, 0.3) is 11.8 Å². The van der Waals surface area contributed by atoms with E-state index >= 15 is 0 Å². The van der Waals surface area contributed by atoms with Gasteiger partial charge in [-0.25, -0.2) is 0 Å². The number of aliphatic carboxylic acids is 1. The molecule has 130 valence electrons. The molecule has 2 amide bonds. The number of hydrogen-bond acceptors (Lipinski definition) is 4. The lowest BCUT2D eigenvalue weighted by Gasteiger charge is -2.10. The van der Waals surface area contributed by atoms with E-state index in [0.717, 1.165) is 4.47 Å². The molecule has 2 rings (SSSR count). The Hall–Kier alpha value is -2.87. The van der Waals surface area contributed by atoms with Gasteiger partial charge in [-0.1, -0.05) is 28.1 Å². The number of rotatable bonds is 7. The molecule has 3 N–H and O–H groups in total. The summed E-state index contributed by atoms with van der Waals surface area (Å²) in [6.07, 6.45) is 2.62. The summed E-state index contributed by atoms with van der Waals surface area (Å²) in [7, 11) is 0. The number of amides is 2. The van der Waals surface area contributed by atoms with Crippen LogP contribution in [0, 0.1) is 0 Å². The van der Waals surface area contributed by atoms with Gasteiger partial charge in [0.05, 0.1) is 12.7 Å². The van der Waals surface area contributed by atoms with E-state index in [9.17, 15) is 14.4 Å². The van der Waals surface area contributed by atoms with Crippen LogP contribution in [-0.2, 0) is 9.59 Å². The first-order chi connectivity index (χ1) is 12.0. The Labute approximate surface area is 151 Å². The maximum Gasteiger partial charge on any atom is 0.305 e. The minimum absolute atomic E-state index is 0.0193. The maximum absolute atomic E-state index is 12.3. The topological polar surface area (TPSA) is 109 Å². The summed E-state index contributed by atoms with van der Waals surface area (Å²) in [5.41, 5.74) is 0.667. The summed E-state index contributed by atoms with van der Waals surface area (Å²) in [6.45, 7) is -0.0531. The predicted octanol–water partition coefficient (Wildman–Crippen LogP) is 2.40. The highest BCUT2D eigenvalue weighted by Gasteiger charge is 2.16. The van der Waals surface area contributed by atoms with Crippen molar-refractivity contribution >= 4 is 39.8 Å². The molecule has 1 heterocycles. The molecule has 1 aromatic heterocycles. The largest absolute Gasteiger partial charge is 0.481 e. The third-order valence-electron chi connectivity index (χ3n) is 3.04. The lowest BCUT2D eigenvalue weighted by molar-refractivity contribution is -0.136. The Morgan fingerprint density at radius 1 is 1.16 bits per heavy atom. The van der Waals surface area contributed by atoms with Crippen LogP contribution in [0.1, 0.15) is 22.5 Å². The second kappa shape index (κ2) is 8.84. The van der Waals surface area contributed by atoms with Crippen molar-refractivity contribution in [3.63, 3.8) is 0 Å². The average Bonchev–Trinajstić information content (AvgIpc) is 3.10. The SMILES string of the molecule is O=C(O)CCNC(=O)/C(=C/c1ccc(Br)cc1)NC(=O)c1ccco1. The number of benzene rings is 1. The molecule has 0 unspecified atom stereocenters. The van der Waals surface area contributed by atoms with Gasteiger partial charge < -0.3 is 20.2 Å². The molecule has 0 aliphatic heterocycles. The highest BCUT2D eigenvalue weighted by atomic mass is 79.9. The van der Waals surface area contributed by atoms with E-state index in [4.69, 9.17) is 9.52 Å². The molecule has 1 aromatic carbocycles. The molecule has 0 aliphatic rings. The standard InChI is InChI=1S/C17H15BrN2O5/c18-12-5-3-11(4-6-12)10-13(16(23)19-8-7-15(21)22)20-17(24)14-2-1-9-25-14/h1-6,9-10H,7-8H2,(H,19,23)(H,20,24)(H,21,22)/b13-10-. The Morgan fingerprint density at radius 2 is 1.88 bits per heavy atom. The van der Waals surface area contributed by atoms with Gasteiger partial charge in [-0.2, -0.15) is 0 Å². The number of carboxylic acid groups (broad SMARTS) is 1. The van der Waals surface area contributed by atoms with Crippen molar-refractivity contribution in [3.05, 3.63) is 64.2 Å². The monoisotopic (exact) mass is 406 g/mol. The fourth-order valence-corrected chi connectivity index (χ4v) is 2.12. The molecular formula is C17H15BrN2O5. The van der Waals surface area contributed by atoms with Crippen LogP contribution in [0.5, 0.6) is 0 Å². The summed E-state index contributed by atoms with van der Waals surface area (Å²) in [4.78, 5) is 34.9. The number of furan rings is 1. The molecule has 2 aromatic rings. The highest BCUT2D eigenvalue weighted by molar-refractivity contribution is 9.10. The van der Waals surface area contributed by atoms with Crippen LogP contribution >= 0.6 is 15.9 Å². The summed E-state index contributed by atoms with van der Waals surface area (Å²) in [5.74, 6) is -2.15. The first-order valence-corrected chi connectivity index (χ1v) is 8.07. The fourth-order valence-electron chi connectivity index (χ4n) is 1.85. The number of nitrogens with one attached hydrogen (secondary N) is 2. The Kier molecular flexibility index (Phi) is 6.53. The molecule has 0 aliphatic carbocycles. The Morgan fingerprint density at radius 3 is 2.48 bits per heavy atom. The molecular weight excluding hydrogens is 392 g/mol. The fraction of sp³-hybridized carbons (Fsp3) is 0.118. The molecule has 0 saturated heterocycles. The predicted molar refractivity (Wildman–Crippen MR) is 93.6 cm³/mol. The Bertz CT molecular complexity index is 782. The normalized spacial score (nSPS) is 11.0. The second-order valence-corrected chi connectivity index (χ2v) is 5.86. The number of halogens is 1. The van der Waals surface area contributed by atoms with Crippen LogP contribution < -0.4 is 10.6 Å². The molecule has 0 saturated carbocycles. The summed E-state index contributed by atoms with van der Waals surface area (Å²) < 4.78 is 5.87. The molecule has 0 fully saturated rings. The van der Waals surface area contributed by atoms with Gasteiger partial charge in [0.15, 0.2) is 5.76 Å². The lowest BCUT2D eigenvalue weighted by Crippen LogP contribution is -2.35. The van der Waals surface area contributed by atoms with Gasteiger partial charge in [0.2, 0.25) is 0 Å². The molecule has 0 bridgehead atoms. The number of hydrogen-bond donors (Lipinski definition) is 3. The first-order valence-electron chi connectivity index (χ1n) is 7.28. The van der Waals surface area contributed by atoms with Crippen LogP contribution in [0.3, 0.4) is 0 Å². The first kappa shape index (κ1) is 18.5. The van der Waals surface area contributed by atoms with Crippen LogP contribution in [-0.4, -0.2) is 29.4 Å². The molecule has 0 radical (unpaired) electrons. The van der Waals surface area contributed by atoms with Crippen molar-refractivity contribution in [1.82, 2.24) is 10.6 Å². The van der Waals surface area contributed by atoms with E-state index in [1.165, 1.54) is 18.4 Å². The molecule has 7 nitrogen and oxygen atoms in total. The van der Waals surface area contributed by atoms with Crippen molar-refractivity contribution in [2.45, 2.75) is 6.42 Å². The van der Waals surface area contributed by atoms with E-state index in [-0.39, 0.29) is 24.4 Å². The highest BCUT2D eigenvalue weighted by Crippen LogP contribution is 2.13. The molecule has 25 heavy (non-hydrogen) atoms. The summed E-state index contributed by atoms with van der Waals surface area (Å²) in [6, 6.07) is 10.1. The van der Waals surface area contributed by atoms with Gasteiger partial charge in [-0.3, -0.25) is 14.4 Å². The van der Waals surface area contributed by atoms with Gasteiger partial charge in [-0.15, -0.1) is 0 Å². The van der Waals surface area contributed by atoms with Gasteiger partial charge in [0.1, 0.15) is 5.70 Å². The van der Waals surface area contributed by atoms with Gasteiger partial charge in [0, 0.05) is 11.0 Å². The zero-order valence-electron chi connectivity index (χ0n) is 13.0. The van der Waals surface area contributed by atoms with Crippen molar-refractivity contribution in [1.29, 1.82) is 0 Å². The third-order valence-corrected chi connectivity index (χ3v) is 3.57. The minimum atomic E-state index is -1.03. The quantitative estimate of drug-likeness (QED) is 0.611. The minimum Gasteiger partial charge on any atom is -0.481 e.